The second-order valence-electron chi connectivity index (χ2n) is 4.79. The molecule has 0 spiro atoms. The third kappa shape index (κ3) is 3.02. The van der Waals surface area contributed by atoms with Crippen molar-refractivity contribution in [3.05, 3.63) is 29.8 Å². The van der Waals surface area contributed by atoms with Crippen LogP contribution in [0.3, 0.4) is 0 Å². The van der Waals surface area contributed by atoms with E-state index in [1.807, 2.05) is 7.05 Å². The predicted molar refractivity (Wildman–Crippen MR) is 72.7 cm³/mol. The molecule has 0 atom stereocenters. The molecule has 0 radical (unpaired) electrons. The zero-order valence-electron chi connectivity index (χ0n) is 11.2. The third-order valence-corrected chi connectivity index (χ3v) is 5.24. The molecule has 1 aromatic rings. The first-order valence-electron chi connectivity index (χ1n) is 6.21. The molecule has 0 saturated carbocycles. The van der Waals surface area contributed by atoms with Crippen LogP contribution in [-0.4, -0.2) is 56.6 Å². The van der Waals surface area contributed by atoms with Crippen LogP contribution < -0.4 is 0 Å². The Morgan fingerprint density at radius 3 is 2.37 bits per heavy atom. The number of nitrogens with zero attached hydrogens (tertiary/aromatic N) is 2. The summed E-state index contributed by atoms with van der Waals surface area (Å²) in [5.41, 5.74) is 0.426. The largest absolute Gasteiger partial charge is 0.304 e. The van der Waals surface area contributed by atoms with Crippen LogP contribution in [-0.2, 0) is 10.0 Å². The lowest BCUT2D eigenvalue weighted by Crippen LogP contribution is -2.47. The number of Topliss-reactive ketones (excluding diaryl/α,β-unsaturated/α-hetero) is 1. The lowest BCUT2D eigenvalue weighted by atomic mass is 10.2. The van der Waals surface area contributed by atoms with Gasteiger partial charge in [0.25, 0.3) is 0 Å². The van der Waals surface area contributed by atoms with Crippen molar-refractivity contribution >= 4 is 15.8 Å². The lowest BCUT2D eigenvalue weighted by molar-refractivity contribution is 0.101. The van der Waals surface area contributed by atoms with Gasteiger partial charge in [0, 0.05) is 31.7 Å². The molecule has 1 heterocycles. The quantitative estimate of drug-likeness (QED) is 0.770. The normalized spacial score (nSPS) is 18.4. The highest BCUT2D eigenvalue weighted by atomic mass is 32.2. The predicted octanol–water partition coefficient (Wildman–Crippen LogP) is 0.825. The van der Waals surface area contributed by atoms with E-state index in [9.17, 15) is 13.2 Å². The summed E-state index contributed by atoms with van der Waals surface area (Å²) in [4.78, 5) is 13.6. The third-order valence-electron chi connectivity index (χ3n) is 3.34. The van der Waals surface area contributed by atoms with Crippen LogP contribution >= 0.6 is 0 Å². The van der Waals surface area contributed by atoms with Crippen LogP contribution in [0.4, 0.5) is 0 Å². The Bertz CT molecular complexity index is 575. The summed E-state index contributed by atoms with van der Waals surface area (Å²) >= 11 is 0. The molecule has 0 N–H and O–H groups in total. The maximum Gasteiger partial charge on any atom is 0.243 e. The van der Waals surface area contributed by atoms with Gasteiger partial charge in [0.1, 0.15) is 0 Å². The molecular formula is C13H18N2O3S. The standard InChI is InChI=1S/C13H18N2O3S/c1-11(16)12-4-3-5-13(10-12)19(17,18)15-8-6-14(2)7-9-15/h3-5,10H,6-9H2,1-2H3. The van der Waals surface area contributed by atoms with Gasteiger partial charge in [-0.15, -0.1) is 0 Å². The molecule has 0 unspecified atom stereocenters. The lowest BCUT2D eigenvalue weighted by Gasteiger charge is -2.31. The smallest absolute Gasteiger partial charge is 0.243 e. The van der Waals surface area contributed by atoms with Crippen molar-refractivity contribution in [1.29, 1.82) is 0 Å². The zero-order valence-corrected chi connectivity index (χ0v) is 12.0. The van der Waals surface area contributed by atoms with E-state index in [4.69, 9.17) is 0 Å². The van der Waals surface area contributed by atoms with Crippen LogP contribution in [0.15, 0.2) is 29.2 Å². The van der Waals surface area contributed by atoms with Gasteiger partial charge >= 0.3 is 0 Å². The molecule has 5 nitrogen and oxygen atoms in total. The van der Waals surface area contributed by atoms with Gasteiger partial charge in [0.05, 0.1) is 4.90 Å². The molecule has 1 fully saturated rings. The molecule has 0 aliphatic carbocycles. The zero-order chi connectivity index (χ0) is 14.0. The number of likely N-dealkylation sites (N-methyl/N-ethyl adjacent to an activating group) is 1. The maximum absolute atomic E-state index is 12.5. The number of carbonyl (C=O) groups excluding carboxylic acids is 1. The Kier molecular flexibility index (Phi) is 4.03. The molecule has 1 aliphatic rings. The van der Waals surface area contributed by atoms with Crippen molar-refractivity contribution in [2.75, 3.05) is 33.2 Å². The monoisotopic (exact) mass is 282 g/mol. The average molecular weight is 282 g/mol. The topological polar surface area (TPSA) is 57.7 Å². The van der Waals surface area contributed by atoms with Gasteiger partial charge in [0.2, 0.25) is 10.0 Å². The first kappa shape index (κ1) is 14.2. The second kappa shape index (κ2) is 5.40. The van der Waals surface area contributed by atoms with E-state index in [0.717, 1.165) is 13.1 Å². The van der Waals surface area contributed by atoms with Crippen molar-refractivity contribution in [3.63, 3.8) is 0 Å². The summed E-state index contributed by atoms with van der Waals surface area (Å²) in [5.74, 6) is -0.129. The van der Waals surface area contributed by atoms with Crippen molar-refractivity contribution in [2.45, 2.75) is 11.8 Å². The Labute approximate surface area is 113 Å². The van der Waals surface area contributed by atoms with Gasteiger partial charge < -0.3 is 4.90 Å². The first-order valence-corrected chi connectivity index (χ1v) is 7.65. The van der Waals surface area contributed by atoms with Crippen LogP contribution in [0.5, 0.6) is 0 Å². The van der Waals surface area contributed by atoms with Crippen molar-refractivity contribution < 1.29 is 13.2 Å². The summed E-state index contributed by atoms with van der Waals surface area (Å²) in [6.07, 6.45) is 0. The van der Waals surface area contributed by atoms with Crippen LogP contribution in [0.1, 0.15) is 17.3 Å². The van der Waals surface area contributed by atoms with Gasteiger partial charge in [-0.25, -0.2) is 8.42 Å². The Morgan fingerprint density at radius 1 is 1.16 bits per heavy atom. The van der Waals surface area contributed by atoms with Crippen molar-refractivity contribution in [3.8, 4) is 0 Å². The molecule has 2 rings (SSSR count). The van der Waals surface area contributed by atoms with E-state index in [-0.39, 0.29) is 10.7 Å². The SMILES string of the molecule is CC(=O)c1cccc(S(=O)(=O)N2CCN(C)CC2)c1. The number of benzene rings is 1. The molecule has 0 amide bonds. The Hall–Kier alpha value is -1.24. The highest BCUT2D eigenvalue weighted by Crippen LogP contribution is 2.18. The van der Waals surface area contributed by atoms with E-state index < -0.39 is 10.0 Å². The molecule has 0 bridgehead atoms. The maximum atomic E-state index is 12.5. The number of rotatable bonds is 3. The van der Waals surface area contributed by atoms with Crippen LogP contribution in [0.25, 0.3) is 0 Å². The molecule has 0 aromatic heterocycles. The van der Waals surface area contributed by atoms with Gasteiger partial charge in [0.15, 0.2) is 5.78 Å². The van der Waals surface area contributed by atoms with E-state index in [1.165, 1.54) is 17.3 Å². The molecule has 1 aromatic carbocycles. The molecule has 1 saturated heterocycles. The summed E-state index contributed by atoms with van der Waals surface area (Å²) < 4.78 is 26.4. The molecular weight excluding hydrogens is 264 g/mol. The first-order chi connectivity index (χ1) is 8.91. The molecule has 104 valence electrons. The second-order valence-corrected chi connectivity index (χ2v) is 6.73. The van der Waals surface area contributed by atoms with Gasteiger partial charge in [-0.05, 0) is 26.1 Å². The number of hydrogen-bond donors (Lipinski definition) is 0. The minimum absolute atomic E-state index is 0.129. The van der Waals surface area contributed by atoms with E-state index >= 15 is 0 Å². The molecule has 6 heteroatoms. The number of ketones is 1. The average Bonchev–Trinajstić information content (AvgIpc) is 2.39. The minimum atomic E-state index is -3.49. The number of sulfonamides is 1. The minimum Gasteiger partial charge on any atom is -0.304 e. The Morgan fingerprint density at radius 2 is 1.79 bits per heavy atom. The van der Waals surface area contributed by atoms with E-state index in [2.05, 4.69) is 4.90 Å². The number of carbonyl (C=O) groups is 1. The summed E-state index contributed by atoms with van der Waals surface area (Å²) in [7, 11) is -1.51. The van der Waals surface area contributed by atoms with Crippen molar-refractivity contribution in [2.24, 2.45) is 0 Å². The summed E-state index contributed by atoms with van der Waals surface area (Å²) in [6, 6.07) is 6.24. The fourth-order valence-corrected chi connectivity index (χ4v) is 3.52. The van der Waals surface area contributed by atoms with Crippen LogP contribution in [0.2, 0.25) is 0 Å². The van der Waals surface area contributed by atoms with Gasteiger partial charge in [-0.3, -0.25) is 4.79 Å². The summed E-state index contributed by atoms with van der Waals surface area (Å²) in [5, 5.41) is 0. The number of hydrogen-bond acceptors (Lipinski definition) is 4. The van der Waals surface area contributed by atoms with E-state index in [0.29, 0.717) is 18.7 Å². The van der Waals surface area contributed by atoms with Gasteiger partial charge in [-0.2, -0.15) is 4.31 Å². The Balaban J connectivity index is 2.29. The molecule has 19 heavy (non-hydrogen) atoms. The number of piperazine rings is 1. The van der Waals surface area contributed by atoms with Crippen LogP contribution in [0, 0.1) is 0 Å². The fourth-order valence-electron chi connectivity index (χ4n) is 2.05. The highest BCUT2D eigenvalue weighted by Gasteiger charge is 2.27. The molecule has 1 aliphatic heterocycles. The van der Waals surface area contributed by atoms with E-state index in [1.54, 1.807) is 18.2 Å². The van der Waals surface area contributed by atoms with Crippen molar-refractivity contribution in [1.82, 2.24) is 9.21 Å². The summed E-state index contributed by atoms with van der Waals surface area (Å²) in [6.45, 7) is 3.87. The van der Waals surface area contributed by atoms with Gasteiger partial charge in [-0.1, -0.05) is 12.1 Å². The highest BCUT2D eigenvalue weighted by molar-refractivity contribution is 7.89. The fraction of sp³-hybridized carbons (Fsp3) is 0.462.